The smallest absolute Gasteiger partial charge is 0.276 e. The van der Waals surface area contributed by atoms with E-state index in [4.69, 9.17) is 0 Å². The predicted octanol–water partition coefficient (Wildman–Crippen LogP) is 1.98. The van der Waals surface area contributed by atoms with Crippen LogP contribution in [0.3, 0.4) is 0 Å². The Bertz CT molecular complexity index is 830. The van der Waals surface area contributed by atoms with E-state index in [-0.39, 0.29) is 11.8 Å². The first-order valence-corrected chi connectivity index (χ1v) is 7.12. The average Bonchev–Trinajstić information content (AvgIpc) is 2.78. The van der Waals surface area contributed by atoms with Crippen LogP contribution in [0.15, 0.2) is 42.5 Å². The SMILES string of the molecule is Cc1ccc2c(c1)[C@@]1(NC(=O)c3ccccc3N1C)C(=O)N2. The van der Waals surface area contributed by atoms with Gasteiger partial charge in [0.05, 0.1) is 11.3 Å². The molecule has 0 saturated heterocycles. The number of carbonyl (C=O) groups excluding carboxylic acids is 2. The molecule has 0 fully saturated rings. The molecule has 2 aliphatic heterocycles. The molecular formula is C17H15N3O2. The van der Waals surface area contributed by atoms with E-state index < -0.39 is 5.66 Å². The van der Waals surface area contributed by atoms with Crippen molar-refractivity contribution in [1.29, 1.82) is 0 Å². The van der Waals surface area contributed by atoms with Crippen molar-refractivity contribution in [2.24, 2.45) is 0 Å². The van der Waals surface area contributed by atoms with E-state index >= 15 is 0 Å². The van der Waals surface area contributed by atoms with Crippen LogP contribution in [0.5, 0.6) is 0 Å². The number of anilines is 2. The summed E-state index contributed by atoms with van der Waals surface area (Å²) < 4.78 is 0. The highest BCUT2D eigenvalue weighted by Gasteiger charge is 2.54. The summed E-state index contributed by atoms with van der Waals surface area (Å²) >= 11 is 0. The number of para-hydroxylation sites is 1. The van der Waals surface area contributed by atoms with Gasteiger partial charge in [0.2, 0.25) is 5.66 Å². The minimum Gasteiger partial charge on any atom is -0.340 e. The first-order chi connectivity index (χ1) is 10.5. The molecule has 0 unspecified atom stereocenters. The van der Waals surface area contributed by atoms with Gasteiger partial charge < -0.3 is 15.5 Å². The van der Waals surface area contributed by atoms with Gasteiger partial charge in [-0.3, -0.25) is 9.59 Å². The van der Waals surface area contributed by atoms with Gasteiger partial charge in [-0.05, 0) is 31.2 Å². The number of hydrogen-bond donors (Lipinski definition) is 2. The lowest BCUT2D eigenvalue weighted by molar-refractivity contribution is -0.121. The van der Waals surface area contributed by atoms with Crippen molar-refractivity contribution >= 4 is 23.2 Å². The minimum absolute atomic E-state index is 0.238. The predicted molar refractivity (Wildman–Crippen MR) is 83.8 cm³/mol. The second-order valence-electron chi connectivity index (χ2n) is 5.74. The number of carbonyl (C=O) groups is 2. The van der Waals surface area contributed by atoms with E-state index in [1.807, 2.05) is 55.3 Å². The summed E-state index contributed by atoms with van der Waals surface area (Å²) in [6.07, 6.45) is 0. The Morgan fingerprint density at radius 1 is 1.09 bits per heavy atom. The maximum atomic E-state index is 12.7. The fourth-order valence-electron chi connectivity index (χ4n) is 3.31. The van der Waals surface area contributed by atoms with Gasteiger partial charge in [0, 0.05) is 18.3 Å². The maximum Gasteiger partial charge on any atom is 0.276 e. The Labute approximate surface area is 127 Å². The summed E-state index contributed by atoms with van der Waals surface area (Å²) in [5.41, 5.74) is 2.69. The van der Waals surface area contributed by atoms with E-state index in [9.17, 15) is 9.59 Å². The molecule has 2 aliphatic rings. The Hall–Kier alpha value is -2.82. The third-order valence-electron chi connectivity index (χ3n) is 4.45. The third kappa shape index (κ3) is 1.43. The van der Waals surface area contributed by atoms with Gasteiger partial charge in [0.15, 0.2) is 0 Å². The zero-order valence-corrected chi connectivity index (χ0v) is 12.3. The average molecular weight is 293 g/mol. The molecule has 5 nitrogen and oxygen atoms in total. The molecule has 2 aromatic rings. The van der Waals surface area contributed by atoms with Crippen LogP contribution in [-0.4, -0.2) is 18.9 Å². The monoisotopic (exact) mass is 293 g/mol. The maximum absolute atomic E-state index is 12.7. The molecule has 0 aliphatic carbocycles. The fraction of sp³-hybridized carbons (Fsp3) is 0.176. The Morgan fingerprint density at radius 2 is 1.86 bits per heavy atom. The minimum atomic E-state index is -1.19. The van der Waals surface area contributed by atoms with Gasteiger partial charge in [-0.1, -0.05) is 23.8 Å². The largest absolute Gasteiger partial charge is 0.340 e. The first-order valence-electron chi connectivity index (χ1n) is 7.12. The molecule has 2 amide bonds. The van der Waals surface area contributed by atoms with Crippen molar-refractivity contribution in [3.05, 3.63) is 59.2 Å². The summed E-state index contributed by atoms with van der Waals surface area (Å²) in [6.45, 7) is 1.97. The number of rotatable bonds is 0. The molecule has 22 heavy (non-hydrogen) atoms. The highest BCUT2D eigenvalue weighted by Crippen LogP contribution is 2.43. The van der Waals surface area contributed by atoms with Crippen LogP contribution in [-0.2, 0) is 10.5 Å². The zero-order chi connectivity index (χ0) is 15.5. The second-order valence-corrected chi connectivity index (χ2v) is 5.74. The third-order valence-corrected chi connectivity index (χ3v) is 4.45. The summed E-state index contributed by atoms with van der Waals surface area (Å²) in [6, 6.07) is 13.1. The van der Waals surface area contributed by atoms with E-state index in [1.165, 1.54) is 0 Å². The molecule has 0 saturated carbocycles. The van der Waals surface area contributed by atoms with E-state index in [2.05, 4.69) is 10.6 Å². The molecule has 0 bridgehead atoms. The molecule has 1 atom stereocenters. The molecule has 0 aromatic heterocycles. The number of fused-ring (bicyclic) bond motifs is 3. The van der Waals surface area contributed by atoms with Crippen LogP contribution < -0.4 is 15.5 Å². The van der Waals surface area contributed by atoms with Crippen LogP contribution in [0.4, 0.5) is 11.4 Å². The summed E-state index contributed by atoms with van der Waals surface area (Å²) in [5.74, 6) is -0.475. The molecule has 1 spiro atoms. The van der Waals surface area contributed by atoms with Crippen LogP contribution in [0.1, 0.15) is 21.5 Å². The number of hydrogen-bond acceptors (Lipinski definition) is 3. The van der Waals surface area contributed by atoms with Crippen molar-refractivity contribution in [2.75, 3.05) is 17.3 Å². The zero-order valence-electron chi connectivity index (χ0n) is 12.3. The molecule has 2 heterocycles. The van der Waals surface area contributed by atoms with Gasteiger partial charge in [-0.25, -0.2) is 0 Å². The molecule has 2 N–H and O–H groups in total. The van der Waals surface area contributed by atoms with Crippen LogP contribution in [0, 0.1) is 6.92 Å². The number of nitrogens with zero attached hydrogens (tertiary/aromatic N) is 1. The Kier molecular flexibility index (Phi) is 2.40. The second kappa shape index (κ2) is 4.10. The van der Waals surface area contributed by atoms with Crippen molar-refractivity contribution < 1.29 is 9.59 Å². The first kappa shape index (κ1) is 12.9. The molecule has 4 rings (SSSR count). The quantitative estimate of drug-likeness (QED) is 0.781. The van der Waals surface area contributed by atoms with Gasteiger partial charge in [-0.15, -0.1) is 0 Å². The summed E-state index contributed by atoms with van der Waals surface area (Å²) in [5, 5.41) is 5.78. The number of benzene rings is 2. The Morgan fingerprint density at radius 3 is 2.68 bits per heavy atom. The molecule has 110 valence electrons. The Balaban J connectivity index is 1.99. The fourth-order valence-corrected chi connectivity index (χ4v) is 3.31. The van der Waals surface area contributed by atoms with Crippen LogP contribution in [0.2, 0.25) is 0 Å². The van der Waals surface area contributed by atoms with Crippen molar-refractivity contribution in [1.82, 2.24) is 5.32 Å². The normalized spacial score (nSPS) is 22.2. The van der Waals surface area contributed by atoms with Gasteiger partial charge in [0.1, 0.15) is 0 Å². The lowest BCUT2D eigenvalue weighted by Crippen LogP contribution is -2.64. The molecule has 0 radical (unpaired) electrons. The van der Waals surface area contributed by atoms with Crippen molar-refractivity contribution in [2.45, 2.75) is 12.6 Å². The molecular weight excluding hydrogens is 278 g/mol. The number of nitrogens with one attached hydrogen (secondary N) is 2. The van der Waals surface area contributed by atoms with Gasteiger partial charge >= 0.3 is 0 Å². The van der Waals surface area contributed by atoms with Crippen molar-refractivity contribution in [3.8, 4) is 0 Å². The topological polar surface area (TPSA) is 61.4 Å². The van der Waals surface area contributed by atoms with Crippen LogP contribution in [0.25, 0.3) is 0 Å². The number of likely N-dealkylation sites (N-methyl/N-ethyl adjacent to an activating group) is 1. The highest BCUT2D eigenvalue weighted by molar-refractivity contribution is 6.14. The van der Waals surface area contributed by atoms with Crippen molar-refractivity contribution in [3.63, 3.8) is 0 Å². The van der Waals surface area contributed by atoms with Gasteiger partial charge in [-0.2, -0.15) is 0 Å². The highest BCUT2D eigenvalue weighted by atomic mass is 16.2. The number of amides is 2. The van der Waals surface area contributed by atoms with Crippen LogP contribution >= 0.6 is 0 Å². The summed E-state index contributed by atoms with van der Waals surface area (Å²) in [4.78, 5) is 27.1. The van der Waals surface area contributed by atoms with E-state index in [0.717, 1.165) is 22.5 Å². The molecule has 2 aromatic carbocycles. The van der Waals surface area contributed by atoms with E-state index in [0.29, 0.717) is 5.56 Å². The standard InChI is InChI=1S/C17H15N3O2/c1-10-7-8-13-12(9-10)17(16(22)18-13)19-15(21)11-5-3-4-6-14(11)20(17)2/h3-9H,1-2H3,(H,18,22)(H,19,21)/t17-/m0/s1. The number of aryl methyl sites for hydroxylation is 1. The van der Waals surface area contributed by atoms with E-state index in [1.54, 1.807) is 6.07 Å². The molecule has 5 heteroatoms. The lowest BCUT2D eigenvalue weighted by atomic mass is 9.92. The summed E-state index contributed by atoms with van der Waals surface area (Å²) in [7, 11) is 1.83. The van der Waals surface area contributed by atoms with Gasteiger partial charge in [0.25, 0.3) is 11.8 Å². The lowest BCUT2D eigenvalue weighted by Gasteiger charge is -2.43.